The van der Waals surface area contributed by atoms with Crippen LogP contribution in [0.4, 0.5) is 0 Å². The maximum Gasteiger partial charge on any atom is 0.213 e. The molecule has 2 aromatic heterocycles. The van der Waals surface area contributed by atoms with Crippen molar-refractivity contribution in [3.63, 3.8) is 0 Å². The van der Waals surface area contributed by atoms with E-state index in [1.165, 1.54) is 0 Å². The molecular formula is C14H19N3OS. The minimum absolute atomic E-state index is 0.274. The zero-order chi connectivity index (χ0) is 13.7. The Kier molecular flexibility index (Phi) is 4.87. The van der Waals surface area contributed by atoms with Gasteiger partial charge < -0.3 is 10.1 Å². The number of pyridine rings is 1. The maximum atomic E-state index is 5.14. The van der Waals surface area contributed by atoms with Crippen molar-refractivity contribution in [2.24, 2.45) is 0 Å². The first-order chi connectivity index (χ1) is 9.24. The van der Waals surface area contributed by atoms with Gasteiger partial charge in [0.25, 0.3) is 0 Å². The molecule has 1 N–H and O–H groups in total. The van der Waals surface area contributed by atoms with Crippen LogP contribution >= 0.6 is 11.3 Å². The normalized spacial score (nSPS) is 12.4. The second-order valence-corrected chi connectivity index (χ2v) is 5.18. The highest BCUT2D eigenvalue weighted by atomic mass is 32.1. The van der Waals surface area contributed by atoms with Gasteiger partial charge in [0.05, 0.1) is 12.8 Å². The van der Waals surface area contributed by atoms with E-state index >= 15 is 0 Å². The Bertz CT molecular complexity index is 527. The van der Waals surface area contributed by atoms with Gasteiger partial charge in [-0.05, 0) is 26.0 Å². The molecule has 0 fully saturated rings. The van der Waals surface area contributed by atoms with Crippen molar-refractivity contribution in [3.05, 3.63) is 29.3 Å². The molecule has 19 heavy (non-hydrogen) atoms. The number of nitrogens with zero attached hydrogens (tertiary/aromatic N) is 2. The molecule has 1 unspecified atom stereocenters. The number of methoxy groups -OCH3 is 1. The number of thiazole rings is 1. The zero-order valence-corrected chi connectivity index (χ0v) is 12.3. The van der Waals surface area contributed by atoms with Gasteiger partial charge in [-0.2, -0.15) is 0 Å². The van der Waals surface area contributed by atoms with E-state index in [9.17, 15) is 0 Å². The van der Waals surface area contributed by atoms with Crippen LogP contribution in [0.2, 0.25) is 0 Å². The summed E-state index contributed by atoms with van der Waals surface area (Å²) in [6.07, 6.45) is 1.12. The summed E-state index contributed by atoms with van der Waals surface area (Å²) in [6.45, 7) is 5.30. The molecule has 2 aromatic rings. The summed E-state index contributed by atoms with van der Waals surface area (Å²) in [7, 11) is 1.62. The lowest BCUT2D eigenvalue weighted by atomic mass is 10.2. The van der Waals surface area contributed by atoms with Crippen LogP contribution in [0.3, 0.4) is 0 Å². The van der Waals surface area contributed by atoms with Crippen LogP contribution in [0.15, 0.2) is 23.6 Å². The van der Waals surface area contributed by atoms with Crippen molar-refractivity contribution in [2.75, 3.05) is 13.7 Å². The van der Waals surface area contributed by atoms with E-state index in [0.29, 0.717) is 5.88 Å². The van der Waals surface area contributed by atoms with Crippen LogP contribution in [-0.4, -0.2) is 23.6 Å². The predicted octanol–water partition coefficient (Wildman–Crippen LogP) is 3.27. The predicted molar refractivity (Wildman–Crippen MR) is 78.6 cm³/mol. The van der Waals surface area contributed by atoms with E-state index in [1.807, 2.05) is 18.2 Å². The number of nitrogens with one attached hydrogen (secondary N) is 1. The molecule has 0 aliphatic rings. The van der Waals surface area contributed by atoms with Crippen molar-refractivity contribution in [1.29, 1.82) is 0 Å². The van der Waals surface area contributed by atoms with Crippen molar-refractivity contribution >= 4 is 11.3 Å². The fourth-order valence-corrected chi connectivity index (χ4v) is 2.60. The van der Waals surface area contributed by atoms with E-state index in [2.05, 4.69) is 34.5 Å². The quantitative estimate of drug-likeness (QED) is 0.880. The molecule has 0 saturated heterocycles. The smallest absolute Gasteiger partial charge is 0.213 e. The number of ether oxygens (including phenoxy) is 1. The lowest BCUT2D eigenvalue weighted by molar-refractivity contribution is 0.398. The van der Waals surface area contributed by atoms with Gasteiger partial charge >= 0.3 is 0 Å². The lowest BCUT2D eigenvalue weighted by Crippen LogP contribution is -2.19. The zero-order valence-electron chi connectivity index (χ0n) is 11.5. The SMILES string of the molecule is CCCNC(C)c1csc(-c2cccc(OC)n2)n1. The van der Waals surface area contributed by atoms with Gasteiger partial charge in [-0.1, -0.05) is 13.0 Å². The van der Waals surface area contributed by atoms with E-state index in [0.717, 1.165) is 29.4 Å². The third-order valence-electron chi connectivity index (χ3n) is 2.82. The standard InChI is InChI=1S/C14H19N3OS/c1-4-8-15-10(2)12-9-19-14(17-12)11-6-5-7-13(16-11)18-3/h5-7,9-10,15H,4,8H2,1-3H3. The molecule has 0 aliphatic carbocycles. The van der Waals surface area contributed by atoms with Crippen LogP contribution in [0.25, 0.3) is 10.7 Å². The fraction of sp³-hybridized carbons (Fsp3) is 0.429. The average molecular weight is 277 g/mol. The Hall–Kier alpha value is -1.46. The van der Waals surface area contributed by atoms with E-state index < -0.39 is 0 Å². The van der Waals surface area contributed by atoms with Gasteiger partial charge in [0.2, 0.25) is 5.88 Å². The van der Waals surface area contributed by atoms with Gasteiger partial charge in [-0.25, -0.2) is 9.97 Å². The van der Waals surface area contributed by atoms with Gasteiger partial charge in [-0.3, -0.25) is 0 Å². The molecule has 0 bridgehead atoms. The summed E-state index contributed by atoms with van der Waals surface area (Å²) < 4.78 is 5.14. The first-order valence-corrected chi connectivity index (χ1v) is 7.32. The third kappa shape index (κ3) is 3.52. The number of hydrogen-bond donors (Lipinski definition) is 1. The highest BCUT2D eigenvalue weighted by Gasteiger charge is 2.11. The highest BCUT2D eigenvalue weighted by Crippen LogP contribution is 2.26. The molecule has 2 rings (SSSR count). The maximum absolute atomic E-state index is 5.14. The first-order valence-electron chi connectivity index (χ1n) is 6.44. The molecule has 102 valence electrons. The van der Waals surface area contributed by atoms with Crippen LogP contribution < -0.4 is 10.1 Å². The van der Waals surface area contributed by atoms with Crippen LogP contribution in [0.1, 0.15) is 32.0 Å². The summed E-state index contributed by atoms with van der Waals surface area (Å²) in [5.41, 5.74) is 1.93. The molecule has 0 aliphatic heterocycles. The fourth-order valence-electron chi connectivity index (χ4n) is 1.72. The molecule has 0 saturated carbocycles. The third-order valence-corrected chi connectivity index (χ3v) is 3.70. The summed E-state index contributed by atoms with van der Waals surface area (Å²) in [4.78, 5) is 9.05. The minimum atomic E-state index is 0.274. The minimum Gasteiger partial charge on any atom is -0.481 e. The first kappa shape index (κ1) is 14.0. The topological polar surface area (TPSA) is 47.0 Å². The Morgan fingerprint density at radius 2 is 2.21 bits per heavy atom. The van der Waals surface area contributed by atoms with Gasteiger partial charge in [0.15, 0.2) is 0 Å². The Labute approximate surface area is 117 Å². The molecule has 2 heterocycles. The Balaban J connectivity index is 2.15. The molecular weight excluding hydrogens is 258 g/mol. The summed E-state index contributed by atoms with van der Waals surface area (Å²) >= 11 is 1.61. The van der Waals surface area contributed by atoms with Crippen molar-refractivity contribution < 1.29 is 4.74 Å². The second kappa shape index (κ2) is 6.63. The monoisotopic (exact) mass is 277 g/mol. The number of aromatic nitrogens is 2. The largest absolute Gasteiger partial charge is 0.481 e. The van der Waals surface area contributed by atoms with E-state index in [4.69, 9.17) is 4.74 Å². The molecule has 0 amide bonds. The van der Waals surface area contributed by atoms with Gasteiger partial charge in [0, 0.05) is 17.5 Å². The van der Waals surface area contributed by atoms with Crippen molar-refractivity contribution in [1.82, 2.24) is 15.3 Å². The van der Waals surface area contributed by atoms with E-state index in [-0.39, 0.29) is 6.04 Å². The lowest BCUT2D eigenvalue weighted by Gasteiger charge is -2.09. The molecule has 0 radical (unpaired) electrons. The average Bonchev–Trinajstić information content (AvgIpc) is 2.94. The van der Waals surface area contributed by atoms with Crippen molar-refractivity contribution in [2.45, 2.75) is 26.3 Å². The summed E-state index contributed by atoms with van der Waals surface area (Å²) in [6, 6.07) is 6.00. The highest BCUT2D eigenvalue weighted by molar-refractivity contribution is 7.13. The summed E-state index contributed by atoms with van der Waals surface area (Å²) in [5.74, 6) is 0.617. The molecule has 1 atom stereocenters. The van der Waals surface area contributed by atoms with Crippen LogP contribution in [0.5, 0.6) is 5.88 Å². The number of rotatable bonds is 6. The van der Waals surface area contributed by atoms with Gasteiger partial charge in [0.1, 0.15) is 10.7 Å². The Morgan fingerprint density at radius 1 is 1.37 bits per heavy atom. The second-order valence-electron chi connectivity index (χ2n) is 4.32. The van der Waals surface area contributed by atoms with Crippen molar-refractivity contribution in [3.8, 4) is 16.6 Å². The van der Waals surface area contributed by atoms with Gasteiger partial charge in [-0.15, -0.1) is 11.3 Å². The summed E-state index contributed by atoms with van der Waals surface area (Å²) in [5, 5.41) is 6.45. The molecule has 0 aromatic carbocycles. The molecule has 4 nitrogen and oxygen atoms in total. The number of hydrogen-bond acceptors (Lipinski definition) is 5. The Morgan fingerprint density at radius 3 is 2.95 bits per heavy atom. The van der Waals surface area contributed by atoms with E-state index in [1.54, 1.807) is 18.4 Å². The van der Waals surface area contributed by atoms with Crippen LogP contribution in [0, 0.1) is 0 Å². The molecule has 0 spiro atoms. The van der Waals surface area contributed by atoms with Crippen LogP contribution in [-0.2, 0) is 0 Å². The molecule has 5 heteroatoms.